The van der Waals surface area contributed by atoms with Gasteiger partial charge in [0.05, 0.1) is 12.8 Å². The van der Waals surface area contributed by atoms with Crippen molar-refractivity contribution in [2.75, 3.05) is 0 Å². The molecular weight excluding hydrogens is 330 g/mol. The predicted molar refractivity (Wildman–Crippen MR) is 76.1 cm³/mol. The Hall–Kier alpha value is -1.08. The summed E-state index contributed by atoms with van der Waals surface area (Å²) >= 11 is 11.4. The summed E-state index contributed by atoms with van der Waals surface area (Å²) in [4.78, 5) is 25.5. The highest BCUT2D eigenvalue weighted by Gasteiger charge is 2.14. The van der Waals surface area contributed by atoms with E-state index >= 15 is 0 Å². The molecule has 0 aliphatic carbocycles. The standard InChI is InChI=1S/C11H12Cl2N2O4.ClH/c12-8-1-6(2-9(13)15-8)5-19-11(18)4-7(14)3-10(16)17;/h1-2,7H,3-5,14H2,(H,16,17);1H/t7-;/m0./s1. The zero-order chi connectivity index (χ0) is 14.4. The molecule has 0 spiro atoms. The number of pyridine rings is 1. The minimum atomic E-state index is -1.06. The van der Waals surface area contributed by atoms with E-state index in [0.29, 0.717) is 5.56 Å². The van der Waals surface area contributed by atoms with Crippen LogP contribution in [-0.4, -0.2) is 28.1 Å². The van der Waals surface area contributed by atoms with E-state index in [4.69, 9.17) is 38.8 Å². The number of carbonyl (C=O) groups excluding carboxylic acids is 1. The van der Waals surface area contributed by atoms with E-state index in [1.807, 2.05) is 0 Å². The molecule has 0 amide bonds. The number of carbonyl (C=O) groups is 2. The van der Waals surface area contributed by atoms with Gasteiger partial charge in [0.1, 0.15) is 16.9 Å². The molecule has 0 aliphatic rings. The summed E-state index contributed by atoms with van der Waals surface area (Å²) in [7, 11) is 0. The molecule has 0 aliphatic heterocycles. The van der Waals surface area contributed by atoms with Crippen LogP contribution in [0, 0.1) is 0 Å². The van der Waals surface area contributed by atoms with Gasteiger partial charge in [-0.25, -0.2) is 4.98 Å². The summed E-state index contributed by atoms with van der Waals surface area (Å²) in [5.41, 5.74) is 6.05. The fourth-order valence-corrected chi connectivity index (χ4v) is 1.84. The quantitative estimate of drug-likeness (QED) is 0.605. The minimum Gasteiger partial charge on any atom is -0.481 e. The van der Waals surface area contributed by atoms with Crippen molar-refractivity contribution in [1.29, 1.82) is 0 Å². The molecule has 1 heterocycles. The Kier molecular flexibility index (Phi) is 8.48. The Morgan fingerprint density at radius 3 is 2.35 bits per heavy atom. The van der Waals surface area contributed by atoms with Gasteiger partial charge in [-0.3, -0.25) is 9.59 Å². The molecule has 1 aromatic rings. The van der Waals surface area contributed by atoms with Crippen molar-refractivity contribution >= 4 is 47.5 Å². The number of aliphatic carboxylic acids is 1. The fourth-order valence-electron chi connectivity index (χ4n) is 1.33. The summed E-state index contributed by atoms with van der Waals surface area (Å²) in [6.07, 6.45) is -0.457. The lowest BCUT2D eigenvalue weighted by Gasteiger charge is -2.09. The lowest BCUT2D eigenvalue weighted by molar-refractivity contribution is -0.145. The Morgan fingerprint density at radius 1 is 1.30 bits per heavy atom. The molecule has 6 nitrogen and oxygen atoms in total. The Balaban J connectivity index is 0.00000361. The Morgan fingerprint density at radius 2 is 1.85 bits per heavy atom. The van der Waals surface area contributed by atoms with Crippen molar-refractivity contribution in [3.8, 4) is 0 Å². The molecule has 0 bridgehead atoms. The van der Waals surface area contributed by atoms with Crippen LogP contribution in [-0.2, 0) is 20.9 Å². The fraction of sp³-hybridized carbons (Fsp3) is 0.364. The molecule has 0 unspecified atom stereocenters. The monoisotopic (exact) mass is 342 g/mol. The number of carboxylic acid groups (broad SMARTS) is 1. The van der Waals surface area contributed by atoms with Gasteiger partial charge in [-0.2, -0.15) is 0 Å². The average molecular weight is 344 g/mol. The average Bonchev–Trinajstić information content (AvgIpc) is 2.23. The molecule has 1 rings (SSSR count). The molecule has 3 N–H and O–H groups in total. The van der Waals surface area contributed by atoms with Crippen LogP contribution in [0.1, 0.15) is 18.4 Å². The highest BCUT2D eigenvalue weighted by atomic mass is 35.5. The summed E-state index contributed by atoms with van der Waals surface area (Å²) < 4.78 is 4.93. The second-order valence-corrected chi connectivity index (χ2v) is 4.62. The van der Waals surface area contributed by atoms with Gasteiger partial charge >= 0.3 is 11.9 Å². The number of esters is 1. The first kappa shape index (κ1) is 18.9. The van der Waals surface area contributed by atoms with E-state index in [9.17, 15) is 9.59 Å². The van der Waals surface area contributed by atoms with Crippen LogP contribution in [0.15, 0.2) is 12.1 Å². The van der Waals surface area contributed by atoms with Gasteiger partial charge in [-0.1, -0.05) is 23.2 Å². The topological polar surface area (TPSA) is 103 Å². The maximum absolute atomic E-state index is 11.4. The van der Waals surface area contributed by atoms with Crippen molar-refractivity contribution in [2.45, 2.75) is 25.5 Å². The second kappa shape index (κ2) is 8.97. The number of aromatic nitrogens is 1. The van der Waals surface area contributed by atoms with Crippen molar-refractivity contribution in [3.05, 3.63) is 28.0 Å². The van der Waals surface area contributed by atoms with E-state index in [2.05, 4.69) is 4.98 Å². The molecule has 20 heavy (non-hydrogen) atoms. The van der Waals surface area contributed by atoms with Crippen LogP contribution in [0.25, 0.3) is 0 Å². The van der Waals surface area contributed by atoms with Crippen molar-refractivity contribution in [2.24, 2.45) is 5.73 Å². The van der Waals surface area contributed by atoms with Crippen LogP contribution in [0.5, 0.6) is 0 Å². The van der Waals surface area contributed by atoms with Crippen LogP contribution in [0.4, 0.5) is 0 Å². The van der Waals surface area contributed by atoms with Gasteiger partial charge in [0.25, 0.3) is 0 Å². The molecule has 0 radical (unpaired) electrons. The Bertz CT molecular complexity index is 464. The molecule has 112 valence electrons. The zero-order valence-corrected chi connectivity index (χ0v) is 12.5. The lowest BCUT2D eigenvalue weighted by Crippen LogP contribution is -2.27. The van der Waals surface area contributed by atoms with Gasteiger partial charge in [0.15, 0.2) is 0 Å². The first-order valence-corrected chi connectivity index (χ1v) is 6.07. The van der Waals surface area contributed by atoms with Crippen molar-refractivity contribution in [3.63, 3.8) is 0 Å². The van der Waals surface area contributed by atoms with Gasteiger partial charge in [-0.15, -0.1) is 12.4 Å². The maximum Gasteiger partial charge on any atom is 0.307 e. The first-order valence-electron chi connectivity index (χ1n) is 5.32. The molecule has 9 heteroatoms. The summed E-state index contributed by atoms with van der Waals surface area (Å²) in [5, 5.41) is 8.89. The summed E-state index contributed by atoms with van der Waals surface area (Å²) in [6.45, 7) is -0.0272. The molecule has 1 atom stereocenters. The third kappa shape index (κ3) is 7.49. The van der Waals surface area contributed by atoms with E-state index in [-0.39, 0.29) is 42.2 Å². The molecule has 1 aromatic heterocycles. The summed E-state index contributed by atoms with van der Waals surface area (Å²) in [6, 6.07) is 2.25. The molecular formula is C11H13Cl3N2O4. The van der Waals surface area contributed by atoms with Crippen LogP contribution < -0.4 is 5.73 Å². The third-order valence-electron chi connectivity index (χ3n) is 2.09. The second-order valence-electron chi connectivity index (χ2n) is 3.84. The number of ether oxygens (including phenoxy) is 1. The summed E-state index contributed by atoms with van der Waals surface area (Å²) in [5.74, 6) is -1.65. The van der Waals surface area contributed by atoms with Gasteiger partial charge < -0.3 is 15.6 Å². The molecule has 0 saturated carbocycles. The molecule has 0 aromatic carbocycles. The lowest BCUT2D eigenvalue weighted by atomic mass is 10.1. The van der Waals surface area contributed by atoms with Gasteiger partial charge in [0.2, 0.25) is 0 Å². The number of carboxylic acids is 1. The van der Waals surface area contributed by atoms with Crippen molar-refractivity contribution in [1.82, 2.24) is 4.98 Å². The Labute approximate surface area is 131 Å². The molecule has 0 saturated heterocycles. The number of hydrogen-bond acceptors (Lipinski definition) is 5. The number of nitrogens with zero attached hydrogens (tertiary/aromatic N) is 1. The van der Waals surface area contributed by atoms with E-state index < -0.39 is 18.0 Å². The highest BCUT2D eigenvalue weighted by Crippen LogP contribution is 2.15. The third-order valence-corrected chi connectivity index (χ3v) is 2.48. The van der Waals surface area contributed by atoms with Gasteiger partial charge in [-0.05, 0) is 17.7 Å². The van der Waals surface area contributed by atoms with Gasteiger partial charge in [0, 0.05) is 6.04 Å². The largest absolute Gasteiger partial charge is 0.481 e. The van der Waals surface area contributed by atoms with Crippen LogP contribution in [0.3, 0.4) is 0 Å². The first-order chi connectivity index (χ1) is 8.86. The highest BCUT2D eigenvalue weighted by molar-refractivity contribution is 6.32. The normalized spacial score (nSPS) is 11.3. The number of rotatable bonds is 6. The number of hydrogen-bond donors (Lipinski definition) is 2. The smallest absolute Gasteiger partial charge is 0.307 e. The van der Waals surface area contributed by atoms with Crippen LogP contribution in [0.2, 0.25) is 10.3 Å². The van der Waals surface area contributed by atoms with Crippen molar-refractivity contribution < 1.29 is 19.4 Å². The van der Waals surface area contributed by atoms with E-state index in [1.54, 1.807) is 0 Å². The van der Waals surface area contributed by atoms with Crippen LogP contribution >= 0.6 is 35.6 Å². The SMILES string of the molecule is Cl.N[C@@H](CC(=O)O)CC(=O)OCc1cc(Cl)nc(Cl)c1. The maximum atomic E-state index is 11.4. The minimum absolute atomic E-state index is 0. The number of nitrogens with two attached hydrogens (primary N) is 1. The zero-order valence-electron chi connectivity index (χ0n) is 10.2. The molecule has 0 fully saturated rings. The van der Waals surface area contributed by atoms with E-state index in [1.165, 1.54) is 12.1 Å². The predicted octanol–water partition coefficient (Wildman–Crippen LogP) is 2.05. The van der Waals surface area contributed by atoms with E-state index in [0.717, 1.165) is 0 Å². The number of halogens is 3.